The number of hydrogen-bond acceptors (Lipinski definition) is 6. The van der Waals surface area contributed by atoms with E-state index in [1.54, 1.807) is 0 Å². The first kappa shape index (κ1) is 17.2. The minimum Gasteiger partial charge on any atom is -0.487 e. The summed E-state index contributed by atoms with van der Waals surface area (Å²) in [6.45, 7) is -0.140. The molecule has 2 aliphatic rings. The molecule has 4 atom stereocenters. The van der Waals surface area contributed by atoms with Gasteiger partial charge in [0, 0.05) is 13.1 Å². The van der Waals surface area contributed by atoms with E-state index in [9.17, 15) is 13.6 Å². The topological polar surface area (TPSA) is 88.0 Å². The van der Waals surface area contributed by atoms with Crippen molar-refractivity contribution in [1.82, 2.24) is 5.31 Å². The summed E-state index contributed by atoms with van der Waals surface area (Å²) in [5.74, 6) is -0.512. The van der Waals surface area contributed by atoms with Gasteiger partial charge < -0.3 is 25.0 Å². The zero-order valence-corrected chi connectivity index (χ0v) is 16.1. The molecule has 160 valence electrons. The first-order valence-corrected chi connectivity index (χ1v) is 9.80. The number of benzene rings is 2. The van der Waals surface area contributed by atoms with Crippen molar-refractivity contribution >= 4 is 5.78 Å². The molecule has 6 nitrogen and oxygen atoms in total. The van der Waals surface area contributed by atoms with Gasteiger partial charge in [-0.1, -0.05) is 0 Å². The maximum atomic E-state index is 13.4. The SMILES string of the molecule is [2H]OC(CN([2H])CC(O[2H])C1CC(=O)c2cc(F)ccc2O1)C1CCc2cc(F)ccc2O1. The zero-order chi connectivity index (χ0) is 23.5. The van der Waals surface area contributed by atoms with Gasteiger partial charge in [0.05, 0.1) is 12.0 Å². The van der Waals surface area contributed by atoms with E-state index in [0.717, 1.165) is 16.9 Å². The average Bonchev–Trinajstić information content (AvgIpc) is 2.81. The Morgan fingerprint density at radius 2 is 1.73 bits per heavy atom. The summed E-state index contributed by atoms with van der Waals surface area (Å²) in [5, 5.41) is 10.6. The minimum absolute atomic E-state index is 0.0347. The van der Waals surface area contributed by atoms with E-state index >= 15 is 0 Å². The lowest BCUT2D eigenvalue weighted by atomic mass is 9.97. The number of ether oxygens (including phenoxy) is 2. The summed E-state index contributed by atoms with van der Waals surface area (Å²) in [6, 6.07) is 7.86. The van der Waals surface area contributed by atoms with Crippen molar-refractivity contribution in [3.05, 3.63) is 59.2 Å². The van der Waals surface area contributed by atoms with Gasteiger partial charge in [0.1, 0.15) is 49.0 Å². The van der Waals surface area contributed by atoms with Crippen LogP contribution in [0.25, 0.3) is 0 Å². The zero-order valence-electron chi connectivity index (χ0n) is 19.1. The number of aryl methyl sites for hydroxylation is 1. The molecule has 0 bridgehead atoms. The third-order valence-corrected chi connectivity index (χ3v) is 5.35. The van der Waals surface area contributed by atoms with E-state index in [4.69, 9.17) is 24.0 Å². The standard InChI is InChI=1S/C22H23F2NO5/c23-13-2-5-19-12(7-13)1-4-21(29-19)17(27)10-25-11-18(28)22-9-16(26)15-8-14(24)3-6-20(15)30-22/h2-3,5-8,17-18,21-22,25,27-28H,1,4,9-11H2/i27D,28D/hD. The highest BCUT2D eigenvalue weighted by molar-refractivity contribution is 5.99. The Labute approximate surface area is 176 Å². The second-order valence-corrected chi connectivity index (χ2v) is 7.54. The van der Waals surface area contributed by atoms with Crippen LogP contribution in [0.2, 0.25) is 1.41 Å². The predicted octanol–water partition coefficient (Wildman–Crippen LogP) is 2.00. The fourth-order valence-electron chi connectivity index (χ4n) is 3.73. The molecule has 0 aromatic heterocycles. The Balaban J connectivity index is 1.37. The number of nitrogens with one attached hydrogen (secondary N) is 1. The van der Waals surface area contributed by atoms with Gasteiger partial charge in [-0.2, -0.15) is 0 Å². The molecule has 2 heterocycles. The second-order valence-electron chi connectivity index (χ2n) is 7.54. The summed E-state index contributed by atoms with van der Waals surface area (Å²) < 4.78 is 61.6. The van der Waals surface area contributed by atoms with Crippen LogP contribution in [0.3, 0.4) is 0 Å². The number of carbonyl (C=O) groups is 1. The van der Waals surface area contributed by atoms with Crippen molar-refractivity contribution in [1.29, 1.82) is 2.86 Å². The second kappa shape index (κ2) is 8.67. The van der Waals surface area contributed by atoms with Crippen molar-refractivity contribution in [2.45, 2.75) is 43.7 Å². The van der Waals surface area contributed by atoms with Crippen molar-refractivity contribution in [3.63, 3.8) is 0 Å². The third kappa shape index (κ3) is 4.45. The Morgan fingerprint density at radius 1 is 1.07 bits per heavy atom. The molecule has 0 fully saturated rings. The van der Waals surface area contributed by atoms with Crippen molar-refractivity contribution in [2.75, 3.05) is 13.1 Å². The number of halogens is 2. The fraction of sp³-hybridized carbons (Fsp3) is 0.409. The minimum atomic E-state index is -0.952. The van der Waals surface area contributed by atoms with Crippen LogP contribution in [-0.2, 0) is 6.42 Å². The van der Waals surface area contributed by atoms with Gasteiger partial charge in [-0.3, -0.25) is 4.79 Å². The number of ketones is 1. The maximum Gasteiger partial charge on any atom is 0.211 e. The van der Waals surface area contributed by atoms with E-state index in [1.165, 1.54) is 30.3 Å². The van der Waals surface area contributed by atoms with Crippen LogP contribution in [0.4, 0.5) is 8.78 Å². The molecular weight excluding hydrogens is 396 g/mol. The van der Waals surface area contributed by atoms with Gasteiger partial charge >= 0.3 is 0 Å². The molecule has 30 heavy (non-hydrogen) atoms. The van der Waals surface area contributed by atoms with Crippen molar-refractivity contribution < 1.29 is 34.7 Å². The Hall–Kier alpha value is -2.55. The van der Waals surface area contributed by atoms with Crippen LogP contribution in [0.1, 0.15) is 28.8 Å². The van der Waals surface area contributed by atoms with Crippen LogP contribution >= 0.6 is 0 Å². The average molecular weight is 422 g/mol. The highest BCUT2D eigenvalue weighted by Gasteiger charge is 2.32. The molecular formula is C22H23F2NO5. The maximum absolute atomic E-state index is 13.4. The molecule has 0 amide bonds. The lowest BCUT2D eigenvalue weighted by Gasteiger charge is -2.31. The normalized spacial score (nSPS) is 23.8. The smallest absolute Gasteiger partial charge is 0.211 e. The van der Waals surface area contributed by atoms with Gasteiger partial charge in [0.2, 0.25) is 2.86 Å². The first-order chi connectivity index (χ1) is 15.9. The monoisotopic (exact) mass is 422 g/mol. The molecule has 0 radical (unpaired) electrons. The van der Waals surface area contributed by atoms with Crippen LogP contribution < -0.4 is 14.8 Å². The molecule has 0 saturated carbocycles. The summed E-state index contributed by atoms with van der Waals surface area (Å²) in [6.07, 6.45) is -2.17. The molecule has 2 aromatic carbocycles. The number of carbonyl (C=O) groups excluding carboxylic acids is 1. The number of aliphatic hydroxyl groups is 2. The molecule has 2 aromatic rings. The Kier molecular flexibility index (Phi) is 4.96. The number of aliphatic hydroxyl groups excluding tert-OH is 2. The summed E-state index contributed by atoms with van der Waals surface area (Å²) in [7, 11) is 0. The van der Waals surface area contributed by atoms with Gasteiger partial charge in [-0.25, -0.2) is 8.78 Å². The van der Waals surface area contributed by atoms with E-state index in [1.807, 2.05) is 0 Å². The fourth-order valence-corrected chi connectivity index (χ4v) is 3.73. The lowest BCUT2D eigenvalue weighted by Crippen LogP contribution is -2.47. The van der Waals surface area contributed by atoms with Gasteiger partial charge in [0.15, 0.2) is 5.78 Å². The number of Topliss-reactive ketones (excluding diaryl/α,β-unsaturated/α-hetero) is 1. The van der Waals surface area contributed by atoms with Gasteiger partial charge in [0.25, 0.3) is 0 Å². The van der Waals surface area contributed by atoms with Gasteiger partial charge in [-0.05, 0) is 54.8 Å². The summed E-state index contributed by atoms with van der Waals surface area (Å²) in [4.78, 5) is 12.4. The number of fused-ring (bicyclic) bond motifs is 2. The van der Waals surface area contributed by atoms with Crippen LogP contribution in [0, 0.1) is 11.6 Å². The molecule has 4 rings (SSSR count). The van der Waals surface area contributed by atoms with Gasteiger partial charge in [-0.15, -0.1) is 0 Å². The van der Waals surface area contributed by atoms with E-state index in [2.05, 4.69) is 0 Å². The van der Waals surface area contributed by atoms with E-state index in [-0.39, 0.29) is 42.4 Å². The third-order valence-electron chi connectivity index (χ3n) is 5.35. The molecule has 0 saturated heterocycles. The highest BCUT2D eigenvalue weighted by Crippen LogP contribution is 2.30. The Bertz CT molecular complexity index is 1010. The van der Waals surface area contributed by atoms with E-state index in [0.29, 0.717) is 18.6 Å². The van der Waals surface area contributed by atoms with E-state index < -0.39 is 30.2 Å². The van der Waals surface area contributed by atoms with Crippen LogP contribution in [0.5, 0.6) is 11.5 Å². The highest BCUT2D eigenvalue weighted by atomic mass is 19.1. The quantitative estimate of drug-likeness (QED) is 0.603. The summed E-state index contributed by atoms with van der Waals surface area (Å²) in [5.41, 5.74) is 0.870. The molecule has 0 spiro atoms. The van der Waals surface area contributed by atoms with Crippen molar-refractivity contribution in [2.24, 2.45) is 0 Å². The molecule has 2 aliphatic heterocycles. The number of hydrogen-bond donors (Lipinski definition) is 3. The Morgan fingerprint density at radius 3 is 2.50 bits per heavy atom. The van der Waals surface area contributed by atoms with Crippen molar-refractivity contribution in [3.8, 4) is 11.5 Å². The largest absolute Gasteiger partial charge is 0.487 e. The predicted molar refractivity (Wildman–Crippen MR) is 104 cm³/mol. The molecule has 0 aliphatic carbocycles. The first-order valence-electron chi connectivity index (χ1n) is 11.1. The molecule has 4 unspecified atom stereocenters. The summed E-state index contributed by atoms with van der Waals surface area (Å²) >= 11 is 0. The lowest BCUT2D eigenvalue weighted by molar-refractivity contribution is 0.00974. The molecule has 3 N–H and O–H groups in total. The van der Waals surface area contributed by atoms with Crippen LogP contribution in [-0.4, -0.2) is 56.4 Å². The van der Waals surface area contributed by atoms with Crippen LogP contribution in [0.15, 0.2) is 36.4 Å². The number of rotatable bonds is 8. The molecule has 8 heteroatoms.